The maximum atomic E-state index is 12.4. The van der Waals surface area contributed by atoms with E-state index in [0.717, 1.165) is 11.9 Å². The van der Waals surface area contributed by atoms with Gasteiger partial charge in [-0.05, 0) is 43.9 Å². The van der Waals surface area contributed by atoms with Gasteiger partial charge in [-0.15, -0.1) is 0 Å². The van der Waals surface area contributed by atoms with Crippen molar-refractivity contribution in [2.75, 3.05) is 6.61 Å². The van der Waals surface area contributed by atoms with Gasteiger partial charge >= 0.3 is 17.9 Å². The highest BCUT2D eigenvalue weighted by Gasteiger charge is 2.44. The second-order valence-corrected chi connectivity index (χ2v) is 7.08. The molecule has 156 valence electrons. The first kappa shape index (κ1) is 22.3. The Bertz CT molecular complexity index is 800. The fourth-order valence-corrected chi connectivity index (χ4v) is 3.26. The lowest BCUT2D eigenvalue weighted by Gasteiger charge is -2.27. The van der Waals surface area contributed by atoms with Crippen LogP contribution >= 0.6 is 0 Å². The molecule has 0 spiro atoms. The van der Waals surface area contributed by atoms with Gasteiger partial charge in [-0.1, -0.05) is 18.7 Å². The number of rotatable bonds is 5. The smallest absolute Gasteiger partial charge is 0.334 e. The maximum Gasteiger partial charge on any atom is 0.334 e. The summed E-state index contributed by atoms with van der Waals surface area (Å²) in [6.45, 7) is 8.52. The molecule has 0 N–H and O–H groups in total. The van der Waals surface area contributed by atoms with E-state index < -0.39 is 36.0 Å². The van der Waals surface area contributed by atoms with E-state index >= 15 is 0 Å². The normalized spacial score (nSPS) is 28.8. The fraction of sp³-hybridized carbons (Fsp3) is 0.455. The number of allylic oxidation sites excluding steroid dienone is 2. The molecule has 0 saturated carbocycles. The third kappa shape index (κ3) is 5.76. The molecular weight excluding hydrogens is 376 g/mol. The minimum absolute atomic E-state index is 0.0506. The van der Waals surface area contributed by atoms with Crippen LogP contribution in [-0.4, -0.2) is 43.0 Å². The summed E-state index contributed by atoms with van der Waals surface area (Å²) in [7, 11) is 0. The van der Waals surface area contributed by atoms with Crippen LogP contribution in [0.2, 0.25) is 0 Å². The summed E-state index contributed by atoms with van der Waals surface area (Å²) >= 11 is 0. The number of ether oxygens (including phenoxy) is 3. The van der Waals surface area contributed by atoms with E-state index in [0.29, 0.717) is 24.0 Å². The number of fused-ring (bicyclic) bond motifs is 1. The predicted octanol–water partition coefficient (Wildman–Crippen LogP) is 2.76. The van der Waals surface area contributed by atoms with Crippen molar-refractivity contribution in [3.63, 3.8) is 0 Å². The van der Waals surface area contributed by atoms with Gasteiger partial charge in [-0.25, -0.2) is 9.59 Å². The molecule has 29 heavy (non-hydrogen) atoms. The molecule has 2 rings (SSSR count). The number of aldehydes is 1. The van der Waals surface area contributed by atoms with Crippen LogP contribution in [0.15, 0.2) is 47.1 Å². The van der Waals surface area contributed by atoms with E-state index in [-0.39, 0.29) is 18.6 Å². The Morgan fingerprint density at radius 3 is 2.69 bits per heavy atom. The molecule has 0 aromatic carbocycles. The Kier molecular flexibility index (Phi) is 7.70. The van der Waals surface area contributed by atoms with E-state index in [9.17, 15) is 19.2 Å². The van der Waals surface area contributed by atoms with Crippen molar-refractivity contribution in [2.24, 2.45) is 5.92 Å². The van der Waals surface area contributed by atoms with Crippen molar-refractivity contribution >= 4 is 24.2 Å². The summed E-state index contributed by atoms with van der Waals surface area (Å²) in [5, 5.41) is 0. The van der Waals surface area contributed by atoms with Crippen molar-refractivity contribution in [3.8, 4) is 0 Å². The van der Waals surface area contributed by atoms with Gasteiger partial charge in [0, 0.05) is 24.5 Å². The first-order valence-electron chi connectivity index (χ1n) is 9.47. The van der Waals surface area contributed by atoms with Crippen LogP contribution in [0, 0.1) is 5.92 Å². The lowest BCUT2D eigenvalue weighted by atomic mass is 9.85. The second-order valence-electron chi connectivity index (χ2n) is 7.08. The molecule has 0 aromatic rings. The third-order valence-corrected chi connectivity index (χ3v) is 5.00. The largest absolute Gasteiger partial charge is 0.461 e. The van der Waals surface area contributed by atoms with Crippen molar-refractivity contribution in [3.05, 3.63) is 47.1 Å². The van der Waals surface area contributed by atoms with Crippen LogP contribution in [0.3, 0.4) is 0 Å². The molecule has 1 fully saturated rings. The molecule has 1 aliphatic heterocycles. The zero-order valence-corrected chi connectivity index (χ0v) is 16.9. The summed E-state index contributed by atoms with van der Waals surface area (Å²) in [5.74, 6) is -2.19. The van der Waals surface area contributed by atoms with Crippen LogP contribution < -0.4 is 0 Å². The number of carbonyl (C=O) groups is 4. The molecule has 1 heterocycles. The summed E-state index contributed by atoms with van der Waals surface area (Å²) in [6.07, 6.45) is 5.51. The van der Waals surface area contributed by atoms with Crippen molar-refractivity contribution in [1.82, 2.24) is 0 Å². The molecule has 1 unspecified atom stereocenters. The van der Waals surface area contributed by atoms with E-state index in [4.69, 9.17) is 14.2 Å². The first-order chi connectivity index (χ1) is 13.8. The van der Waals surface area contributed by atoms with Crippen LogP contribution in [0.25, 0.3) is 0 Å². The van der Waals surface area contributed by atoms with Gasteiger partial charge in [0.15, 0.2) is 0 Å². The molecular formula is C22H26O7. The molecule has 2 aliphatic rings. The summed E-state index contributed by atoms with van der Waals surface area (Å²) in [5.41, 5.74) is 1.80. The zero-order valence-electron chi connectivity index (χ0n) is 16.9. The molecule has 7 nitrogen and oxygen atoms in total. The Hall–Kier alpha value is -2.96. The van der Waals surface area contributed by atoms with Gasteiger partial charge < -0.3 is 14.2 Å². The number of hydrogen-bond acceptors (Lipinski definition) is 7. The minimum atomic E-state index is -0.804. The maximum absolute atomic E-state index is 12.4. The topological polar surface area (TPSA) is 96.0 Å². The van der Waals surface area contributed by atoms with Gasteiger partial charge in [0.2, 0.25) is 0 Å². The quantitative estimate of drug-likeness (QED) is 0.229. The van der Waals surface area contributed by atoms with Crippen molar-refractivity contribution < 1.29 is 33.4 Å². The first-order valence-corrected chi connectivity index (χ1v) is 9.47. The average Bonchev–Trinajstić information content (AvgIpc) is 2.96. The van der Waals surface area contributed by atoms with E-state index in [2.05, 4.69) is 6.58 Å². The molecule has 0 bridgehead atoms. The SMILES string of the molecule is C=C1C(=O)O[C@@H]2/C=C(/COC(C)=O)CC/C=C(/C=O)CC(OC(=O)/C(C)=C\C)[C@@H]12. The van der Waals surface area contributed by atoms with Crippen molar-refractivity contribution in [2.45, 2.75) is 52.2 Å². The molecule has 3 atom stereocenters. The van der Waals surface area contributed by atoms with Crippen LogP contribution in [0.1, 0.15) is 40.0 Å². The van der Waals surface area contributed by atoms with Crippen LogP contribution in [0.4, 0.5) is 0 Å². The van der Waals surface area contributed by atoms with Gasteiger partial charge in [0.05, 0.1) is 5.92 Å². The Morgan fingerprint density at radius 2 is 2.07 bits per heavy atom. The van der Waals surface area contributed by atoms with Gasteiger partial charge in [-0.2, -0.15) is 0 Å². The second kappa shape index (κ2) is 10.0. The predicted molar refractivity (Wildman–Crippen MR) is 105 cm³/mol. The van der Waals surface area contributed by atoms with E-state index in [1.165, 1.54) is 6.92 Å². The number of esters is 3. The molecule has 0 aromatic heterocycles. The summed E-state index contributed by atoms with van der Waals surface area (Å²) in [6, 6.07) is 0. The monoisotopic (exact) mass is 402 g/mol. The minimum Gasteiger partial charge on any atom is -0.461 e. The average molecular weight is 402 g/mol. The third-order valence-electron chi connectivity index (χ3n) is 5.00. The zero-order chi connectivity index (χ0) is 21.6. The molecule has 1 aliphatic carbocycles. The van der Waals surface area contributed by atoms with Gasteiger partial charge in [-0.3, -0.25) is 9.59 Å². The Morgan fingerprint density at radius 1 is 1.34 bits per heavy atom. The fourth-order valence-electron chi connectivity index (χ4n) is 3.26. The van der Waals surface area contributed by atoms with Gasteiger partial charge in [0.1, 0.15) is 25.1 Å². The molecule has 1 saturated heterocycles. The summed E-state index contributed by atoms with van der Waals surface area (Å²) in [4.78, 5) is 47.3. The highest BCUT2D eigenvalue weighted by molar-refractivity contribution is 5.92. The van der Waals surface area contributed by atoms with E-state index in [1.807, 2.05) is 0 Å². The standard InChI is InChI=1S/C22H26O7/c1-5-13(2)21(25)28-18-9-16(11-23)7-6-8-17(12-27-15(4)24)10-19-20(18)14(3)22(26)29-19/h5,7,10-11,18-20H,3,6,8-9,12H2,1-2,4H3/b13-5-,16-7+,17-10+/t18?,19-,20-/m1/s1. The van der Waals surface area contributed by atoms with Crippen LogP contribution in [0.5, 0.6) is 0 Å². The lowest BCUT2D eigenvalue weighted by molar-refractivity contribution is -0.147. The molecule has 7 heteroatoms. The van der Waals surface area contributed by atoms with Gasteiger partial charge in [0.25, 0.3) is 0 Å². The van der Waals surface area contributed by atoms with Crippen molar-refractivity contribution in [1.29, 1.82) is 0 Å². The number of carbonyl (C=O) groups excluding carboxylic acids is 4. The summed E-state index contributed by atoms with van der Waals surface area (Å²) < 4.78 is 16.2. The van der Waals surface area contributed by atoms with Crippen LogP contribution in [-0.2, 0) is 33.4 Å². The molecule has 0 amide bonds. The highest BCUT2D eigenvalue weighted by atomic mass is 16.6. The Balaban J connectivity index is 2.43. The highest BCUT2D eigenvalue weighted by Crippen LogP contribution is 2.36. The molecule has 0 radical (unpaired) electrons. The Labute approximate surface area is 170 Å². The lowest BCUT2D eigenvalue weighted by Crippen LogP contribution is -2.34. The van der Waals surface area contributed by atoms with E-state index in [1.54, 1.807) is 32.1 Å². The number of hydrogen-bond donors (Lipinski definition) is 0.